The molecule has 2 aromatic heterocycles. The van der Waals surface area contributed by atoms with Crippen molar-refractivity contribution in [3.63, 3.8) is 0 Å². The molecule has 21 heavy (non-hydrogen) atoms. The van der Waals surface area contributed by atoms with Gasteiger partial charge in [0.1, 0.15) is 6.33 Å². The van der Waals surface area contributed by atoms with Crippen molar-refractivity contribution in [2.24, 2.45) is 0 Å². The Balaban J connectivity index is 1.82. The number of nitrogens with one attached hydrogen (secondary N) is 1. The standard InChI is InChI=1S/C13H11Cl2N5S/c1-8(11-6-12(14)21-13(11)15)17-9-3-2-4-10(5-9)20-7-16-18-19-20/h2-8,17H,1H3. The van der Waals surface area contributed by atoms with Crippen molar-refractivity contribution in [2.75, 3.05) is 5.32 Å². The van der Waals surface area contributed by atoms with Crippen LogP contribution in [0.4, 0.5) is 5.69 Å². The van der Waals surface area contributed by atoms with Gasteiger partial charge in [0.15, 0.2) is 0 Å². The molecule has 108 valence electrons. The van der Waals surface area contributed by atoms with E-state index in [1.54, 1.807) is 11.0 Å². The van der Waals surface area contributed by atoms with Crippen molar-refractivity contribution in [1.82, 2.24) is 20.2 Å². The molecule has 3 aromatic rings. The molecular weight excluding hydrogens is 329 g/mol. The van der Waals surface area contributed by atoms with Crippen LogP contribution in [0.5, 0.6) is 0 Å². The molecule has 0 aliphatic heterocycles. The summed E-state index contributed by atoms with van der Waals surface area (Å²) in [6, 6.07) is 9.75. The molecule has 0 fully saturated rings. The number of tetrazole rings is 1. The van der Waals surface area contributed by atoms with Gasteiger partial charge >= 0.3 is 0 Å². The number of rotatable bonds is 4. The zero-order valence-corrected chi connectivity index (χ0v) is 13.3. The van der Waals surface area contributed by atoms with Crippen molar-refractivity contribution in [3.8, 4) is 5.69 Å². The van der Waals surface area contributed by atoms with Crippen LogP contribution in [0.2, 0.25) is 8.67 Å². The van der Waals surface area contributed by atoms with Crippen LogP contribution in [-0.4, -0.2) is 20.2 Å². The van der Waals surface area contributed by atoms with Crippen molar-refractivity contribution >= 4 is 40.2 Å². The highest BCUT2D eigenvalue weighted by atomic mass is 35.5. The molecule has 0 saturated heterocycles. The Morgan fingerprint density at radius 1 is 1.29 bits per heavy atom. The summed E-state index contributed by atoms with van der Waals surface area (Å²) in [5.74, 6) is 0. The van der Waals surface area contributed by atoms with Crippen LogP contribution in [0, 0.1) is 0 Å². The van der Waals surface area contributed by atoms with Crippen LogP contribution in [0.15, 0.2) is 36.7 Å². The normalized spacial score (nSPS) is 12.3. The van der Waals surface area contributed by atoms with Crippen LogP contribution in [-0.2, 0) is 0 Å². The van der Waals surface area contributed by atoms with E-state index in [1.165, 1.54) is 11.3 Å². The minimum atomic E-state index is 0.0466. The van der Waals surface area contributed by atoms with E-state index in [0.29, 0.717) is 8.67 Å². The molecule has 1 atom stereocenters. The van der Waals surface area contributed by atoms with Gasteiger partial charge in [0.05, 0.1) is 20.4 Å². The monoisotopic (exact) mass is 339 g/mol. The summed E-state index contributed by atoms with van der Waals surface area (Å²) in [7, 11) is 0. The highest BCUT2D eigenvalue weighted by Gasteiger charge is 2.13. The number of hydrogen-bond acceptors (Lipinski definition) is 5. The molecule has 5 nitrogen and oxygen atoms in total. The molecule has 0 amide bonds. The van der Waals surface area contributed by atoms with E-state index < -0.39 is 0 Å². The van der Waals surface area contributed by atoms with Gasteiger partial charge in [-0.3, -0.25) is 0 Å². The lowest BCUT2D eigenvalue weighted by atomic mass is 10.1. The molecule has 0 spiro atoms. The molecule has 3 rings (SSSR count). The molecule has 0 radical (unpaired) electrons. The van der Waals surface area contributed by atoms with Gasteiger partial charge in [-0.05, 0) is 41.6 Å². The Bertz CT molecular complexity index is 741. The molecule has 1 aromatic carbocycles. The second-order valence-electron chi connectivity index (χ2n) is 4.45. The Labute approximate surface area is 135 Å². The Kier molecular flexibility index (Phi) is 4.10. The first-order valence-electron chi connectivity index (χ1n) is 6.18. The van der Waals surface area contributed by atoms with Gasteiger partial charge in [-0.15, -0.1) is 16.4 Å². The minimum absolute atomic E-state index is 0.0466. The predicted molar refractivity (Wildman–Crippen MR) is 85.5 cm³/mol. The Morgan fingerprint density at radius 3 is 2.81 bits per heavy atom. The zero-order chi connectivity index (χ0) is 14.8. The minimum Gasteiger partial charge on any atom is -0.378 e. The fourth-order valence-corrected chi connectivity index (χ4v) is 3.64. The number of benzene rings is 1. The van der Waals surface area contributed by atoms with Crippen LogP contribution in [0.1, 0.15) is 18.5 Å². The number of thiophene rings is 1. The Hall–Kier alpha value is -1.63. The van der Waals surface area contributed by atoms with Crippen molar-refractivity contribution < 1.29 is 0 Å². The third-order valence-electron chi connectivity index (χ3n) is 2.99. The molecule has 0 bridgehead atoms. The van der Waals surface area contributed by atoms with Crippen LogP contribution in [0.25, 0.3) is 5.69 Å². The van der Waals surface area contributed by atoms with E-state index in [0.717, 1.165) is 16.9 Å². The van der Waals surface area contributed by atoms with Crippen LogP contribution >= 0.6 is 34.5 Å². The van der Waals surface area contributed by atoms with E-state index >= 15 is 0 Å². The summed E-state index contributed by atoms with van der Waals surface area (Å²) in [6.07, 6.45) is 1.55. The third kappa shape index (κ3) is 3.18. The summed E-state index contributed by atoms with van der Waals surface area (Å²) in [5, 5.41) is 14.5. The van der Waals surface area contributed by atoms with E-state index in [9.17, 15) is 0 Å². The molecule has 1 N–H and O–H groups in total. The maximum Gasteiger partial charge on any atom is 0.143 e. The summed E-state index contributed by atoms with van der Waals surface area (Å²) in [4.78, 5) is 0. The lowest BCUT2D eigenvalue weighted by Crippen LogP contribution is -2.06. The second-order valence-corrected chi connectivity index (χ2v) is 6.74. The number of halogens is 2. The molecule has 8 heteroatoms. The average Bonchev–Trinajstić information content (AvgIpc) is 3.08. The second kappa shape index (κ2) is 6.01. The number of anilines is 1. The lowest BCUT2D eigenvalue weighted by molar-refractivity contribution is 0.788. The van der Waals surface area contributed by atoms with Crippen LogP contribution in [0.3, 0.4) is 0 Å². The first-order chi connectivity index (χ1) is 10.1. The lowest BCUT2D eigenvalue weighted by Gasteiger charge is -2.15. The fourth-order valence-electron chi connectivity index (χ4n) is 1.99. The van der Waals surface area contributed by atoms with Gasteiger partial charge in [0.2, 0.25) is 0 Å². The molecule has 0 aliphatic carbocycles. The maximum atomic E-state index is 6.18. The number of aromatic nitrogens is 4. The predicted octanol–water partition coefficient (Wildman–Crippen LogP) is 4.20. The van der Waals surface area contributed by atoms with Gasteiger partial charge in [-0.25, -0.2) is 4.68 Å². The topological polar surface area (TPSA) is 55.6 Å². The number of hydrogen-bond donors (Lipinski definition) is 1. The quantitative estimate of drug-likeness (QED) is 0.773. The van der Waals surface area contributed by atoms with E-state index in [4.69, 9.17) is 23.2 Å². The summed E-state index contributed by atoms with van der Waals surface area (Å²) in [5.41, 5.74) is 2.82. The molecular formula is C13H11Cl2N5S. The smallest absolute Gasteiger partial charge is 0.143 e. The van der Waals surface area contributed by atoms with Crippen LogP contribution < -0.4 is 5.32 Å². The highest BCUT2D eigenvalue weighted by molar-refractivity contribution is 7.20. The fraction of sp³-hybridized carbons (Fsp3) is 0.154. The van der Waals surface area contributed by atoms with Crippen molar-refractivity contribution in [3.05, 3.63) is 50.9 Å². The Morgan fingerprint density at radius 2 is 2.14 bits per heavy atom. The first-order valence-corrected chi connectivity index (χ1v) is 7.75. The van der Waals surface area contributed by atoms with E-state index in [2.05, 4.69) is 20.8 Å². The molecule has 0 saturated carbocycles. The average molecular weight is 340 g/mol. The molecule has 1 unspecified atom stereocenters. The van der Waals surface area contributed by atoms with Gasteiger partial charge in [-0.1, -0.05) is 29.3 Å². The highest BCUT2D eigenvalue weighted by Crippen LogP contribution is 2.36. The van der Waals surface area contributed by atoms with Gasteiger partial charge in [0, 0.05) is 11.3 Å². The number of nitrogens with zero attached hydrogens (tertiary/aromatic N) is 4. The summed E-state index contributed by atoms with van der Waals surface area (Å²) in [6.45, 7) is 2.04. The zero-order valence-electron chi connectivity index (χ0n) is 11.0. The van der Waals surface area contributed by atoms with Gasteiger partial charge in [0.25, 0.3) is 0 Å². The van der Waals surface area contributed by atoms with E-state index in [-0.39, 0.29) is 6.04 Å². The molecule has 0 aliphatic rings. The van der Waals surface area contributed by atoms with Gasteiger partial charge < -0.3 is 5.32 Å². The first kappa shape index (κ1) is 14.3. The van der Waals surface area contributed by atoms with Crippen molar-refractivity contribution in [2.45, 2.75) is 13.0 Å². The summed E-state index contributed by atoms with van der Waals surface area (Å²) >= 11 is 13.5. The molecule has 2 heterocycles. The van der Waals surface area contributed by atoms with E-state index in [1.807, 2.05) is 37.3 Å². The largest absolute Gasteiger partial charge is 0.378 e. The summed E-state index contributed by atoms with van der Waals surface area (Å²) < 4.78 is 2.99. The maximum absolute atomic E-state index is 6.18. The SMILES string of the molecule is CC(Nc1cccc(-n2cnnn2)c1)c1cc(Cl)sc1Cl. The van der Waals surface area contributed by atoms with Gasteiger partial charge in [-0.2, -0.15) is 0 Å². The third-order valence-corrected chi connectivity index (χ3v) is 4.51. The van der Waals surface area contributed by atoms with Crippen molar-refractivity contribution in [1.29, 1.82) is 0 Å².